The molecule has 0 aliphatic carbocycles. The summed E-state index contributed by atoms with van der Waals surface area (Å²) in [6, 6.07) is 13.8. The molecule has 2 rings (SSSR count). The molecule has 0 bridgehead atoms. The number of hydrogen-bond acceptors (Lipinski definition) is 1. The first-order chi connectivity index (χ1) is 9.55. The summed E-state index contributed by atoms with van der Waals surface area (Å²) >= 11 is 9.22. The van der Waals surface area contributed by atoms with Crippen molar-refractivity contribution in [3.8, 4) is 0 Å². The number of hydrogen-bond donors (Lipinski definition) is 1. The van der Waals surface area contributed by atoms with Gasteiger partial charge in [0.25, 0.3) is 0 Å². The minimum absolute atomic E-state index is 0.308. The van der Waals surface area contributed by atoms with Crippen LogP contribution in [0.15, 0.2) is 53.0 Å². The van der Waals surface area contributed by atoms with E-state index in [1.165, 1.54) is 12.1 Å². The molecule has 0 aliphatic heterocycles. The predicted octanol–water partition coefficient (Wildman–Crippen LogP) is 4.65. The zero-order valence-corrected chi connectivity index (χ0v) is 13.2. The molecule has 0 saturated heterocycles. The Morgan fingerprint density at radius 3 is 2.50 bits per heavy atom. The van der Waals surface area contributed by atoms with E-state index in [4.69, 9.17) is 11.6 Å². The fraction of sp³-hybridized carbons (Fsp3) is 0.250. The van der Waals surface area contributed by atoms with Crippen LogP contribution < -0.4 is 0 Å². The smallest absolute Gasteiger partial charge is 0.123 e. The topological polar surface area (TPSA) is 20.2 Å². The number of benzene rings is 2. The third-order valence-electron chi connectivity index (χ3n) is 3.31. The number of aliphatic hydroxyl groups is 1. The zero-order valence-electron chi connectivity index (χ0n) is 10.8. The molecule has 1 nitrogen and oxygen atoms in total. The molecule has 0 saturated carbocycles. The van der Waals surface area contributed by atoms with Gasteiger partial charge in [0.15, 0.2) is 0 Å². The van der Waals surface area contributed by atoms with E-state index in [1.54, 1.807) is 6.07 Å². The Bertz CT molecular complexity index is 576. The molecule has 4 heteroatoms. The average Bonchev–Trinajstić information content (AvgIpc) is 2.44. The van der Waals surface area contributed by atoms with E-state index in [0.29, 0.717) is 18.7 Å². The van der Waals surface area contributed by atoms with Gasteiger partial charge in [0.1, 0.15) is 5.82 Å². The summed E-state index contributed by atoms with van der Waals surface area (Å²) in [5.41, 5.74) is 0.414. The van der Waals surface area contributed by atoms with Gasteiger partial charge in [-0.15, -0.1) is 11.6 Å². The maximum Gasteiger partial charge on any atom is 0.123 e. The Kier molecular flexibility index (Phi) is 5.19. The van der Waals surface area contributed by atoms with Gasteiger partial charge in [-0.2, -0.15) is 0 Å². The van der Waals surface area contributed by atoms with Gasteiger partial charge in [0.05, 0.1) is 5.60 Å². The summed E-state index contributed by atoms with van der Waals surface area (Å²) in [7, 11) is 0. The molecule has 20 heavy (non-hydrogen) atoms. The highest BCUT2D eigenvalue weighted by Crippen LogP contribution is 2.32. The lowest BCUT2D eigenvalue weighted by Crippen LogP contribution is -2.29. The highest BCUT2D eigenvalue weighted by Gasteiger charge is 2.29. The summed E-state index contributed by atoms with van der Waals surface area (Å²) in [4.78, 5) is 0. The van der Waals surface area contributed by atoms with Crippen molar-refractivity contribution in [2.45, 2.75) is 18.4 Å². The van der Waals surface area contributed by atoms with Gasteiger partial charge in [-0.25, -0.2) is 4.39 Å². The van der Waals surface area contributed by atoms with E-state index in [0.717, 1.165) is 15.6 Å². The molecule has 0 amide bonds. The van der Waals surface area contributed by atoms with Crippen molar-refractivity contribution in [1.29, 1.82) is 0 Å². The van der Waals surface area contributed by atoms with Crippen molar-refractivity contribution in [3.63, 3.8) is 0 Å². The van der Waals surface area contributed by atoms with E-state index in [9.17, 15) is 9.50 Å². The van der Waals surface area contributed by atoms with Crippen LogP contribution in [0.1, 0.15) is 17.5 Å². The van der Waals surface area contributed by atoms with E-state index < -0.39 is 5.60 Å². The highest BCUT2D eigenvalue weighted by molar-refractivity contribution is 9.10. The summed E-state index contributed by atoms with van der Waals surface area (Å²) < 4.78 is 14.2. The zero-order chi connectivity index (χ0) is 14.6. The van der Waals surface area contributed by atoms with Gasteiger partial charge in [0, 0.05) is 16.8 Å². The first-order valence-corrected chi connectivity index (χ1v) is 7.66. The fourth-order valence-corrected chi connectivity index (χ4v) is 2.93. The van der Waals surface area contributed by atoms with Gasteiger partial charge < -0.3 is 5.11 Å². The molecule has 0 aliphatic rings. The molecule has 106 valence electrons. The molecular weight excluding hydrogens is 343 g/mol. The van der Waals surface area contributed by atoms with Gasteiger partial charge in [-0.1, -0.05) is 46.3 Å². The number of rotatable bonds is 5. The van der Waals surface area contributed by atoms with Gasteiger partial charge in [0.2, 0.25) is 0 Å². The second-order valence-corrected chi connectivity index (χ2v) is 5.98. The SMILES string of the molecule is OC(CCCl)(Cc1cc(F)ccc1Br)c1ccccc1. The van der Waals surface area contributed by atoms with Crippen LogP contribution >= 0.6 is 27.5 Å². The summed E-state index contributed by atoms with van der Waals surface area (Å²) in [5.74, 6) is 0.0164. The van der Waals surface area contributed by atoms with Crippen LogP contribution in [-0.2, 0) is 12.0 Å². The predicted molar refractivity (Wildman–Crippen MR) is 83.5 cm³/mol. The average molecular weight is 358 g/mol. The number of alkyl halides is 1. The Hall–Kier alpha value is -0.900. The maximum atomic E-state index is 13.4. The molecule has 1 unspecified atom stereocenters. The first kappa shape index (κ1) is 15.5. The van der Waals surface area contributed by atoms with Crippen LogP contribution in [0.25, 0.3) is 0 Å². The van der Waals surface area contributed by atoms with E-state index in [1.807, 2.05) is 30.3 Å². The second kappa shape index (κ2) is 6.70. The minimum atomic E-state index is -1.10. The molecule has 0 aromatic heterocycles. The van der Waals surface area contributed by atoms with Crippen LogP contribution in [0.3, 0.4) is 0 Å². The van der Waals surface area contributed by atoms with Crippen molar-refractivity contribution >= 4 is 27.5 Å². The standard InChI is InChI=1S/C16H15BrClFO/c17-15-7-6-14(19)10-12(15)11-16(20,8-9-18)13-4-2-1-3-5-13/h1-7,10,20H,8-9,11H2. The molecule has 2 aromatic carbocycles. The van der Waals surface area contributed by atoms with Crippen molar-refractivity contribution in [2.24, 2.45) is 0 Å². The largest absolute Gasteiger partial charge is 0.385 e. The molecule has 0 fully saturated rings. The maximum absolute atomic E-state index is 13.4. The lowest BCUT2D eigenvalue weighted by atomic mass is 9.85. The van der Waals surface area contributed by atoms with Crippen molar-refractivity contribution in [2.75, 3.05) is 5.88 Å². The Morgan fingerprint density at radius 1 is 1.15 bits per heavy atom. The summed E-state index contributed by atoms with van der Waals surface area (Å²) in [6.45, 7) is 0. The van der Waals surface area contributed by atoms with E-state index in [2.05, 4.69) is 15.9 Å². The molecule has 0 spiro atoms. The minimum Gasteiger partial charge on any atom is -0.385 e. The van der Waals surface area contributed by atoms with Crippen LogP contribution in [0.2, 0.25) is 0 Å². The van der Waals surface area contributed by atoms with Crippen LogP contribution in [0.4, 0.5) is 4.39 Å². The molecule has 1 N–H and O–H groups in total. The molecule has 2 aromatic rings. The fourth-order valence-electron chi connectivity index (χ4n) is 2.23. The molecule has 0 heterocycles. The Labute approximate surface area is 131 Å². The normalized spacial score (nSPS) is 14.0. The molecule has 0 radical (unpaired) electrons. The quantitative estimate of drug-likeness (QED) is 0.772. The molecule has 1 atom stereocenters. The number of halogens is 3. The van der Waals surface area contributed by atoms with Gasteiger partial charge in [-0.05, 0) is 35.7 Å². The third kappa shape index (κ3) is 3.60. The highest BCUT2D eigenvalue weighted by atomic mass is 79.9. The van der Waals surface area contributed by atoms with Gasteiger partial charge in [-0.3, -0.25) is 0 Å². The molecular formula is C16H15BrClFO. The lowest BCUT2D eigenvalue weighted by molar-refractivity contribution is 0.0334. The van der Waals surface area contributed by atoms with Gasteiger partial charge >= 0.3 is 0 Å². The third-order valence-corrected chi connectivity index (χ3v) is 4.27. The van der Waals surface area contributed by atoms with Crippen LogP contribution in [0, 0.1) is 5.82 Å². The Balaban J connectivity index is 2.36. The van der Waals surface area contributed by atoms with Crippen LogP contribution in [0.5, 0.6) is 0 Å². The Morgan fingerprint density at radius 2 is 1.85 bits per heavy atom. The summed E-state index contributed by atoms with van der Waals surface area (Å²) in [5, 5.41) is 10.9. The van der Waals surface area contributed by atoms with Crippen molar-refractivity contribution in [1.82, 2.24) is 0 Å². The monoisotopic (exact) mass is 356 g/mol. The first-order valence-electron chi connectivity index (χ1n) is 6.33. The lowest BCUT2D eigenvalue weighted by Gasteiger charge is -2.28. The van der Waals surface area contributed by atoms with Crippen molar-refractivity contribution < 1.29 is 9.50 Å². The van der Waals surface area contributed by atoms with Crippen LogP contribution in [-0.4, -0.2) is 11.0 Å². The van der Waals surface area contributed by atoms with E-state index in [-0.39, 0.29) is 5.82 Å². The second-order valence-electron chi connectivity index (χ2n) is 4.75. The van der Waals surface area contributed by atoms with E-state index >= 15 is 0 Å². The van der Waals surface area contributed by atoms with Crippen molar-refractivity contribution in [3.05, 3.63) is 69.9 Å². The summed E-state index contributed by atoms with van der Waals surface area (Å²) in [6.07, 6.45) is 0.712.